The lowest BCUT2D eigenvalue weighted by Gasteiger charge is -2.22. The molecule has 5 nitrogen and oxygen atoms in total. The number of carbonyl (C=O) groups excluding carboxylic acids is 1. The lowest BCUT2D eigenvalue weighted by molar-refractivity contribution is -0.137. The van der Waals surface area contributed by atoms with Crippen LogP contribution in [0.15, 0.2) is 24.3 Å². The molecule has 26 heavy (non-hydrogen) atoms. The van der Waals surface area contributed by atoms with Gasteiger partial charge in [-0.1, -0.05) is 44.5 Å². The van der Waals surface area contributed by atoms with Gasteiger partial charge in [-0.05, 0) is 18.2 Å². The molecule has 1 heterocycles. The van der Waals surface area contributed by atoms with Crippen molar-refractivity contribution in [2.75, 3.05) is 18.0 Å². The van der Waals surface area contributed by atoms with Crippen LogP contribution in [0.2, 0.25) is 0 Å². The van der Waals surface area contributed by atoms with E-state index >= 15 is 0 Å². The van der Waals surface area contributed by atoms with Crippen molar-refractivity contribution < 1.29 is 19.8 Å². The van der Waals surface area contributed by atoms with Crippen LogP contribution in [-0.2, 0) is 10.2 Å². The highest BCUT2D eigenvalue weighted by atomic mass is 16.4. The molecule has 2 aromatic rings. The van der Waals surface area contributed by atoms with E-state index in [-0.39, 0.29) is 17.6 Å². The van der Waals surface area contributed by atoms with E-state index in [0.29, 0.717) is 12.0 Å². The zero-order valence-corrected chi connectivity index (χ0v) is 15.3. The number of aromatic hydroxyl groups is 1. The van der Waals surface area contributed by atoms with Gasteiger partial charge in [-0.3, -0.25) is 9.59 Å². The van der Waals surface area contributed by atoms with Crippen LogP contribution in [0, 0.1) is 0 Å². The largest absolute Gasteiger partial charge is 0.507 e. The molecule has 2 aromatic carbocycles. The molecular formula is C21H25NO4. The van der Waals surface area contributed by atoms with Gasteiger partial charge in [-0.25, -0.2) is 0 Å². The number of aliphatic carboxylic acids is 1. The molecule has 1 aliphatic rings. The number of fused-ring (bicyclic) bond motifs is 3. The van der Waals surface area contributed by atoms with Crippen molar-refractivity contribution in [1.29, 1.82) is 0 Å². The highest BCUT2D eigenvalue weighted by molar-refractivity contribution is 6.09. The van der Waals surface area contributed by atoms with Gasteiger partial charge in [0.1, 0.15) is 5.75 Å². The van der Waals surface area contributed by atoms with Crippen LogP contribution in [0.1, 0.15) is 55.5 Å². The predicted molar refractivity (Wildman–Crippen MR) is 102 cm³/mol. The highest BCUT2D eigenvalue weighted by Gasteiger charge is 2.39. The van der Waals surface area contributed by atoms with E-state index in [9.17, 15) is 14.7 Å². The predicted octanol–water partition coefficient (Wildman–Crippen LogP) is 4.10. The summed E-state index contributed by atoms with van der Waals surface area (Å²) in [5.41, 5.74) is 1.94. The first-order chi connectivity index (χ1) is 12.4. The number of hydrogen-bond acceptors (Lipinski definition) is 4. The number of unbranched alkanes of at least 4 members (excludes halogenated alkanes) is 2. The Morgan fingerprint density at radius 1 is 1.19 bits per heavy atom. The molecule has 0 radical (unpaired) electrons. The first kappa shape index (κ1) is 18.2. The molecule has 0 atom stereocenters. The first-order valence-corrected chi connectivity index (χ1v) is 9.07. The minimum absolute atomic E-state index is 0.0899. The van der Waals surface area contributed by atoms with Crippen molar-refractivity contribution in [2.45, 2.75) is 44.9 Å². The summed E-state index contributed by atoms with van der Waals surface area (Å²) in [6, 6.07) is 7.69. The third-order valence-electron chi connectivity index (χ3n) is 5.22. The number of carbonyl (C=O) groups is 2. The van der Waals surface area contributed by atoms with Crippen molar-refractivity contribution in [1.82, 2.24) is 0 Å². The molecule has 0 unspecified atom stereocenters. The summed E-state index contributed by atoms with van der Waals surface area (Å²) in [5.74, 6) is -0.665. The van der Waals surface area contributed by atoms with Gasteiger partial charge in [-0.2, -0.15) is 0 Å². The summed E-state index contributed by atoms with van der Waals surface area (Å²) < 4.78 is 0. The second-order valence-electron chi connectivity index (χ2n) is 7.66. The Morgan fingerprint density at radius 3 is 2.54 bits per heavy atom. The van der Waals surface area contributed by atoms with E-state index in [1.54, 1.807) is 0 Å². The number of nitrogens with zero attached hydrogens (tertiary/aromatic N) is 1. The van der Waals surface area contributed by atoms with E-state index < -0.39 is 5.97 Å². The fraction of sp³-hybridized carbons (Fsp3) is 0.429. The molecular weight excluding hydrogens is 330 g/mol. The second kappa shape index (κ2) is 6.98. The number of benzene rings is 2. The summed E-state index contributed by atoms with van der Waals surface area (Å²) in [6.45, 7) is 5.74. The molecule has 1 aliphatic heterocycles. The minimum atomic E-state index is -0.755. The summed E-state index contributed by atoms with van der Waals surface area (Å²) >= 11 is 0. The number of phenolic OH excluding ortho intramolecular Hbond substituents is 1. The molecule has 0 saturated carbocycles. The smallest absolute Gasteiger partial charge is 0.303 e. The van der Waals surface area contributed by atoms with Crippen LogP contribution in [-0.4, -0.2) is 35.6 Å². The van der Waals surface area contributed by atoms with Crippen molar-refractivity contribution in [3.05, 3.63) is 35.4 Å². The number of hydrogen-bond donors (Lipinski definition) is 2. The zero-order valence-electron chi connectivity index (χ0n) is 15.3. The Balaban J connectivity index is 1.97. The molecule has 0 bridgehead atoms. The van der Waals surface area contributed by atoms with E-state index in [1.165, 1.54) is 0 Å². The fourth-order valence-corrected chi connectivity index (χ4v) is 4.10. The van der Waals surface area contributed by atoms with Gasteiger partial charge in [-0.15, -0.1) is 0 Å². The van der Waals surface area contributed by atoms with Gasteiger partial charge in [0.25, 0.3) is 0 Å². The standard InChI is InChI=1S/C21H25NO4/c1-21(2)13-22(11-7-3-4-10-17(24)25)19-15-9-6-5-8-14(15)16(12-23)20(26)18(19)21/h5-6,8-9,12,26H,3-4,7,10-11,13H2,1-2H3,(H,24,25). The van der Waals surface area contributed by atoms with Gasteiger partial charge < -0.3 is 15.1 Å². The van der Waals surface area contributed by atoms with E-state index in [1.807, 2.05) is 24.3 Å². The average molecular weight is 355 g/mol. The maximum atomic E-state index is 11.6. The lowest BCUT2D eigenvalue weighted by atomic mass is 9.83. The van der Waals surface area contributed by atoms with Crippen LogP contribution in [0.4, 0.5) is 5.69 Å². The Morgan fingerprint density at radius 2 is 1.88 bits per heavy atom. The van der Waals surface area contributed by atoms with E-state index in [0.717, 1.165) is 54.2 Å². The van der Waals surface area contributed by atoms with E-state index in [4.69, 9.17) is 5.11 Å². The SMILES string of the molecule is CC1(C)CN(CCCCCC(=O)O)c2c1c(O)c(C=O)c1ccccc21. The van der Waals surface area contributed by atoms with Gasteiger partial charge in [0.05, 0.1) is 11.3 Å². The minimum Gasteiger partial charge on any atom is -0.507 e. The maximum Gasteiger partial charge on any atom is 0.303 e. The van der Waals surface area contributed by atoms with Crippen molar-refractivity contribution in [3.63, 3.8) is 0 Å². The Labute approximate surface area is 153 Å². The van der Waals surface area contributed by atoms with Crippen LogP contribution < -0.4 is 4.90 Å². The number of anilines is 1. The lowest BCUT2D eigenvalue weighted by Crippen LogP contribution is -2.29. The van der Waals surface area contributed by atoms with E-state index in [2.05, 4.69) is 18.7 Å². The van der Waals surface area contributed by atoms with Crippen molar-refractivity contribution in [2.24, 2.45) is 0 Å². The van der Waals surface area contributed by atoms with Gasteiger partial charge in [0.15, 0.2) is 6.29 Å². The summed E-state index contributed by atoms with van der Waals surface area (Å²) in [5, 5.41) is 21.3. The topological polar surface area (TPSA) is 77.8 Å². The van der Waals surface area contributed by atoms with Gasteiger partial charge in [0.2, 0.25) is 0 Å². The van der Waals surface area contributed by atoms with Crippen LogP contribution in [0.5, 0.6) is 5.75 Å². The molecule has 0 saturated heterocycles. The molecule has 0 spiro atoms. The third-order valence-corrected chi connectivity index (χ3v) is 5.22. The normalized spacial score (nSPS) is 15.2. The molecule has 0 aliphatic carbocycles. The zero-order chi connectivity index (χ0) is 18.9. The van der Waals surface area contributed by atoms with Crippen LogP contribution >= 0.6 is 0 Å². The third kappa shape index (κ3) is 3.14. The monoisotopic (exact) mass is 355 g/mol. The van der Waals surface area contributed by atoms with Crippen molar-refractivity contribution in [3.8, 4) is 5.75 Å². The molecule has 138 valence electrons. The molecule has 3 rings (SSSR count). The molecule has 0 aromatic heterocycles. The van der Waals surface area contributed by atoms with Gasteiger partial charge >= 0.3 is 5.97 Å². The summed E-state index contributed by atoms with van der Waals surface area (Å²) in [7, 11) is 0. The number of aldehydes is 1. The second-order valence-corrected chi connectivity index (χ2v) is 7.66. The van der Waals surface area contributed by atoms with Gasteiger partial charge in [0, 0.05) is 35.9 Å². The molecule has 2 N–H and O–H groups in total. The quantitative estimate of drug-likeness (QED) is 0.577. The number of phenols is 1. The first-order valence-electron chi connectivity index (χ1n) is 9.07. The summed E-state index contributed by atoms with van der Waals surface area (Å²) in [4.78, 5) is 24.5. The summed E-state index contributed by atoms with van der Waals surface area (Å²) in [6.07, 6.45) is 3.37. The van der Waals surface area contributed by atoms with Crippen molar-refractivity contribution >= 4 is 28.7 Å². The molecule has 5 heteroatoms. The number of carboxylic acid groups (broad SMARTS) is 1. The average Bonchev–Trinajstić information content (AvgIpc) is 2.86. The Kier molecular flexibility index (Phi) is 4.90. The highest BCUT2D eigenvalue weighted by Crippen LogP contribution is 2.50. The Hall–Kier alpha value is -2.56. The number of rotatable bonds is 7. The maximum absolute atomic E-state index is 11.6. The molecule has 0 fully saturated rings. The molecule has 0 amide bonds. The van der Waals surface area contributed by atoms with Crippen LogP contribution in [0.3, 0.4) is 0 Å². The number of carboxylic acids is 1. The fourth-order valence-electron chi connectivity index (χ4n) is 4.10. The van der Waals surface area contributed by atoms with Crippen LogP contribution in [0.25, 0.3) is 10.8 Å². The Bertz CT molecular complexity index is 857.